The van der Waals surface area contributed by atoms with Gasteiger partial charge in [-0.15, -0.1) is 0 Å². The van der Waals surface area contributed by atoms with Gasteiger partial charge >= 0.3 is 6.55 Å². The van der Waals surface area contributed by atoms with Gasteiger partial charge in [0.05, 0.1) is 0 Å². The van der Waals surface area contributed by atoms with Crippen LogP contribution in [0.25, 0.3) is 0 Å². The molecule has 21 heavy (non-hydrogen) atoms. The molecule has 2 aromatic rings. The minimum Gasteiger partial charge on any atom is -0.307 e. The normalized spacial score (nSPS) is 14.4. The molecule has 4 nitrogen and oxygen atoms in total. The van der Waals surface area contributed by atoms with Crippen molar-refractivity contribution in [2.45, 2.75) is 26.3 Å². The smallest absolute Gasteiger partial charge is 0.307 e. The topological polar surface area (TPSA) is 38.1 Å². The number of carbonyl (C=O) groups excluding carboxylic acids is 1. The maximum absolute atomic E-state index is 12.9. The van der Waals surface area contributed by atoms with Crippen molar-refractivity contribution < 1.29 is 13.6 Å². The number of fused-ring (bicyclic) bond motifs is 1. The molecule has 1 aliphatic heterocycles. The number of hydrogen-bond acceptors (Lipinski definition) is 2. The van der Waals surface area contributed by atoms with Crippen LogP contribution in [0.5, 0.6) is 0 Å². The Morgan fingerprint density at radius 3 is 2.90 bits per heavy atom. The molecule has 0 atom stereocenters. The lowest BCUT2D eigenvalue weighted by atomic mass is 9.99. The van der Waals surface area contributed by atoms with Gasteiger partial charge in [0, 0.05) is 18.4 Å². The van der Waals surface area contributed by atoms with Crippen LogP contribution < -0.4 is 4.90 Å². The van der Waals surface area contributed by atoms with Crippen molar-refractivity contribution in [2.24, 2.45) is 0 Å². The molecular formula is C15H15F2N3O. The lowest BCUT2D eigenvalue weighted by Gasteiger charge is -2.29. The Morgan fingerprint density at radius 1 is 1.33 bits per heavy atom. The van der Waals surface area contributed by atoms with E-state index in [2.05, 4.69) is 5.10 Å². The molecule has 0 saturated carbocycles. The van der Waals surface area contributed by atoms with E-state index in [9.17, 15) is 13.6 Å². The molecule has 0 unspecified atom stereocenters. The summed E-state index contributed by atoms with van der Waals surface area (Å²) >= 11 is 0. The number of alkyl halides is 2. The van der Waals surface area contributed by atoms with E-state index >= 15 is 0 Å². The third-order valence-electron chi connectivity index (χ3n) is 3.67. The summed E-state index contributed by atoms with van der Waals surface area (Å²) in [6.45, 7) is -0.294. The number of nitrogens with zero attached hydrogens (tertiary/aromatic N) is 3. The Labute approximate surface area is 121 Å². The van der Waals surface area contributed by atoms with Gasteiger partial charge in [0.25, 0.3) is 5.91 Å². The van der Waals surface area contributed by atoms with Crippen LogP contribution in [0.2, 0.25) is 0 Å². The summed E-state index contributed by atoms with van der Waals surface area (Å²) in [5.41, 5.74) is 2.93. The van der Waals surface area contributed by atoms with Crippen LogP contribution in [0, 0.1) is 6.92 Å². The van der Waals surface area contributed by atoms with Gasteiger partial charge in [-0.05, 0) is 37.5 Å². The zero-order chi connectivity index (χ0) is 15.0. The van der Waals surface area contributed by atoms with E-state index < -0.39 is 12.5 Å². The van der Waals surface area contributed by atoms with Crippen molar-refractivity contribution >= 4 is 11.6 Å². The van der Waals surface area contributed by atoms with Gasteiger partial charge in [0.1, 0.15) is 5.69 Å². The molecule has 0 N–H and O–H groups in total. The highest BCUT2D eigenvalue weighted by Crippen LogP contribution is 2.29. The molecule has 0 fully saturated rings. The first-order valence-corrected chi connectivity index (χ1v) is 6.81. The minimum absolute atomic E-state index is 0.0848. The van der Waals surface area contributed by atoms with Crippen LogP contribution in [0.1, 0.15) is 34.6 Å². The number of aromatic nitrogens is 2. The molecule has 0 spiro atoms. The Kier molecular flexibility index (Phi) is 3.45. The zero-order valence-corrected chi connectivity index (χ0v) is 11.6. The van der Waals surface area contributed by atoms with E-state index in [4.69, 9.17) is 0 Å². The standard InChI is InChI=1S/C15H15F2N3O/c1-10-4-5-12-11(9-10)3-2-8-19(12)14(21)13-6-7-18-20(13)15(16)17/h4-7,9,15H,2-3,8H2,1H3. The summed E-state index contributed by atoms with van der Waals surface area (Å²) < 4.78 is 26.2. The van der Waals surface area contributed by atoms with Gasteiger partial charge in [0.15, 0.2) is 0 Å². The molecule has 0 saturated heterocycles. The van der Waals surface area contributed by atoms with E-state index in [1.165, 1.54) is 12.3 Å². The summed E-state index contributed by atoms with van der Waals surface area (Å²) in [5.74, 6) is -0.433. The third-order valence-corrected chi connectivity index (χ3v) is 3.67. The van der Waals surface area contributed by atoms with Gasteiger partial charge in [-0.3, -0.25) is 4.79 Å². The molecule has 0 aliphatic carbocycles. The highest BCUT2D eigenvalue weighted by molar-refractivity contribution is 6.05. The van der Waals surface area contributed by atoms with Gasteiger partial charge in [-0.1, -0.05) is 17.7 Å². The summed E-state index contributed by atoms with van der Waals surface area (Å²) in [4.78, 5) is 14.1. The van der Waals surface area contributed by atoms with Crippen LogP contribution in [0.15, 0.2) is 30.5 Å². The zero-order valence-electron chi connectivity index (χ0n) is 11.6. The monoisotopic (exact) mass is 291 g/mol. The maximum Gasteiger partial charge on any atom is 0.333 e. The van der Waals surface area contributed by atoms with Crippen molar-refractivity contribution in [3.63, 3.8) is 0 Å². The molecule has 1 aromatic heterocycles. The Balaban J connectivity index is 1.98. The molecule has 0 radical (unpaired) electrons. The van der Waals surface area contributed by atoms with Gasteiger partial charge in [-0.25, -0.2) is 0 Å². The minimum atomic E-state index is -2.82. The lowest BCUT2D eigenvalue weighted by molar-refractivity contribution is 0.0515. The maximum atomic E-state index is 12.9. The summed E-state index contributed by atoms with van der Waals surface area (Å²) in [7, 11) is 0. The molecule has 0 bridgehead atoms. The Morgan fingerprint density at radius 2 is 2.14 bits per heavy atom. The van der Waals surface area contributed by atoms with E-state index in [1.54, 1.807) is 4.90 Å². The molecule has 110 valence electrons. The number of anilines is 1. The molecule has 1 aromatic carbocycles. The predicted molar refractivity (Wildman–Crippen MR) is 74.7 cm³/mol. The quantitative estimate of drug-likeness (QED) is 0.852. The van der Waals surface area contributed by atoms with Crippen LogP contribution in [0.4, 0.5) is 14.5 Å². The third kappa shape index (κ3) is 2.41. The number of rotatable bonds is 2. The van der Waals surface area contributed by atoms with E-state index in [0.717, 1.165) is 29.7 Å². The second-order valence-corrected chi connectivity index (χ2v) is 5.13. The molecule has 6 heteroatoms. The molecule has 1 amide bonds. The highest BCUT2D eigenvalue weighted by atomic mass is 19.3. The first-order chi connectivity index (χ1) is 10.1. The number of hydrogen-bond donors (Lipinski definition) is 0. The van der Waals surface area contributed by atoms with Crippen LogP contribution in [-0.2, 0) is 6.42 Å². The first-order valence-electron chi connectivity index (χ1n) is 6.81. The van der Waals surface area contributed by atoms with Gasteiger partial charge in [-0.2, -0.15) is 18.6 Å². The van der Waals surface area contributed by atoms with Crippen molar-refractivity contribution in [2.75, 3.05) is 11.4 Å². The Bertz CT molecular complexity index is 681. The van der Waals surface area contributed by atoms with Crippen molar-refractivity contribution in [3.8, 4) is 0 Å². The number of halogens is 2. The summed E-state index contributed by atoms with van der Waals surface area (Å²) in [6.07, 6.45) is 2.94. The van der Waals surface area contributed by atoms with E-state index in [0.29, 0.717) is 11.2 Å². The summed E-state index contributed by atoms with van der Waals surface area (Å²) in [5, 5.41) is 3.52. The molecule has 3 rings (SSSR count). The number of benzene rings is 1. The van der Waals surface area contributed by atoms with Crippen molar-refractivity contribution in [3.05, 3.63) is 47.3 Å². The van der Waals surface area contributed by atoms with Crippen molar-refractivity contribution in [1.29, 1.82) is 0 Å². The summed E-state index contributed by atoms with van der Waals surface area (Å²) in [6, 6.07) is 7.18. The SMILES string of the molecule is Cc1ccc2c(c1)CCCN2C(=O)c1ccnn1C(F)F. The lowest BCUT2D eigenvalue weighted by Crippen LogP contribution is -2.36. The molecule has 1 aliphatic rings. The fourth-order valence-corrected chi connectivity index (χ4v) is 2.71. The Hall–Kier alpha value is -2.24. The number of aryl methyl sites for hydroxylation is 2. The van der Waals surface area contributed by atoms with E-state index in [-0.39, 0.29) is 5.69 Å². The number of carbonyl (C=O) groups is 1. The number of amides is 1. The highest BCUT2D eigenvalue weighted by Gasteiger charge is 2.27. The van der Waals surface area contributed by atoms with Gasteiger partial charge < -0.3 is 4.90 Å². The van der Waals surface area contributed by atoms with Gasteiger partial charge in [0.2, 0.25) is 0 Å². The molecular weight excluding hydrogens is 276 g/mol. The fourth-order valence-electron chi connectivity index (χ4n) is 2.71. The van der Waals surface area contributed by atoms with Crippen molar-refractivity contribution in [1.82, 2.24) is 9.78 Å². The van der Waals surface area contributed by atoms with Crippen LogP contribution in [-0.4, -0.2) is 22.2 Å². The largest absolute Gasteiger partial charge is 0.333 e. The average molecular weight is 291 g/mol. The van der Waals surface area contributed by atoms with Crippen LogP contribution >= 0.6 is 0 Å². The average Bonchev–Trinajstić information content (AvgIpc) is 2.95. The second-order valence-electron chi connectivity index (χ2n) is 5.13. The molecule has 2 heterocycles. The first kappa shape index (κ1) is 13.7. The second kappa shape index (κ2) is 5.27. The van der Waals surface area contributed by atoms with Crippen LogP contribution in [0.3, 0.4) is 0 Å². The fraction of sp³-hybridized carbons (Fsp3) is 0.333. The predicted octanol–water partition coefficient (Wildman–Crippen LogP) is 3.18. The van der Waals surface area contributed by atoms with E-state index in [1.807, 2.05) is 25.1 Å².